The van der Waals surface area contributed by atoms with Gasteiger partial charge in [-0.3, -0.25) is 13.9 Å². The van der Waals surface area contributed by atoms with Crippen molar-refractivity contribution in [3.63, 3.8) is 0 Å². The van der Waals surface area contributed by atoms with Crippen LogP contribution in [0.5, 0.6) is 11.5 Å². The number of amides is 2. The molecular weight excluding hydrogens is 634 g/mol. The number of methoxy groups -OCH3 is 1. The molecule has 0 saturated carbocycles. The van der Waals surface area contributed by atoms with Crippen LogP contribution in [0.2, 0.25) is 0 Å². The maximum atomic E-state index is 14.2. The van der Waals surface area contributed by atoms with E-state index in [1.807, 2.05) is 33.8 Å². The van der Waals surface area contributed by atoms with Crippen molar-refractivity contribution in [1.29, 1.82) is 0 Å². The summed E-state index contributed by atoms with van der Waals surface area (Å²) in [5.41, 5.74) is 1.03. The molecule has 43 heavy (non-hydrogen) atoms. The summed E-state index contributed by atoms with van der Waals surface area (Å²) in [4.78, 5) is 29.1. The van der Waals surface area contributed by atoms with Crippen molar-refractivity contribution in [2.75, 3.05) is 24.6 Å². The number of hydrogen-bond acceptors (Lipinski definition) is 6. The Morgan fingerprint density at radius 3 is 2.19 bits per heavy atom. The van der Waals surface area contributed by atoms with Gasteiger partial charge in [0.25, 0.3) is 10.0 Å². The minimum atomic E-state index is -4.18. The summed E-state index contributed by atoms with van der Waals surface area (Å²) in [7, 11) is -2.63. The number of halogens is 1. The van der Waals surface area contributed by atoms with E-state index in [0.717, 1.165) is 20.8 Å². The Bertz CT molecular complexity index is 1470. The van der Waals surface area contributed by atoms with Crippen molar-refractivity contribution in [1.82, 2.24) is 10.2 Å². The molecule has 3 rings (SSSR count). The molecule has 0 unspecified atom stereocenters. The number of carbonyl (C=O) groups is 2. The number of ether oxygens (including phenoxy) is 2. The molecule has 0 saturated heterocycles. The molecule has 0 spiro atoms. The minimum Gasteiger partial charge on any atom is -0.497 e. The number of carbonyl (C=O) groups excluding carboxylic acids is 2. The predicted octanol–water partition coefficient (Wildman–Crippen LogP) is 5.77. The van der Waals surface area contributed by atoms with E-state index in [-0.39, 0.29) is 29.1 Å². The maximum absolute atomic E-state index is 14.2. The normalized spacial score (nSPS) is 12.6. The number of nitrogens with one attached hydrogen (secondary N) is 1. The first-order valence-corrected chi connectivity index (χ1v) is 16.5. The number of nitrogens with zero attached hydrogens (tertiary/aromatic N) is 2. The molecule has 2 amide bonds. The number of rotatable bonds is 15. The third kappa shape index (κ3) is 8.96. The van der Waals surface area contributed by atoms with Gasteiger partial charge in [0.05, 0.1) is 24.3 Å². The third-order valence-electron chi connectivity index (χ3n) is 6.99. The van der Waals surface area contributed by atoms with Crippen molar-refractivity contribution in [2.45, 2.75) is 64.1 Å². The highest BCUT2D eigenvalue weighted by atomic mass is 79.9. The molecule has 0 aliphatic carbocycles. The van der Waals surface area contributed by atoms with Crippen LogP contribution in [0.15, 0.2) is 82.2 Å². The van der Waals surface area contributed by atoms with Crippen LogP contribution in [0.3, 0.4) is 0 Å². The lowest BCUT2D eigenvalue weighted by atomic mass is 10.1. The number of hydrogen-bond donors (Lipinski definition) is 1. The van der Waals surface area contributed by atoms with Crippen LogP contribution < -0.4 is 19.1 Å². The van der Waals surface area contributed by atoms with E-state index in [2.05, 4.69) is 21.2 Å². The van der Waals surface area contributed by atoms with Crippen LogP contribution in [-0.2, 0) is 26.2 Å². The second kappa shape index (κ2) is 15.8. The van der Waals surface area contributed by atoms with Crippen LogP contribution in [0.1, 0.15) is 46.1 Å². The van der Waals surface area contributed by atoms with Gasteiger partial charge < -0.3 is 19.7 Å². The van der Waals surface area contributed by atoms with E-state index in [1.54, 1.807) is 61.7 Å². The first-order valence-electron chi connectivity index (χ1n) is 14.3. The Balaban J connectivity index is 2.07. The molecule has 232 valence electrons. The Labute approximate surface area is 263 Å². The van der Waals surface area contributed by atoms with E-state index in [0.29, 0.717) is 24.5 Å². The van der Waals surface area contributed by atoms with Gasteiger partial charge in [-0.15, -0.1) is 0 Å². The van der Waals surface area contributed by atoms with E-state index in [9.17, 15) is 18.0 Å². The Hall–Kier alpha value is -3.57. The van der Waals surface area contributed by atoms with Gasteiger partial charge in [-0.05, 0) is 92.9 Å². The van der Waals surface area contributed by atoms with Crippen LogP contribution in [-0.4, -0.2) is 57.5 Å². The topological polar surface area (TPSA) is 105 Å². The maximum Gasteiger partial charge on any atom is 0.264 e. The fraction of sp³-hybridized carbons (Fsp3) is 0.375. The standard InChI is InChI=1S/C32H40BrN3O6S/c1-6-23(4)34-32(38)30(7-2)35(21-24-10-9-11-28(20-24)41-5)31(37)22-36(26-14-16-27(17-15-26)42-8-3)43(39,40)29-18-12-25(33)13-19-29/h9-20,23,30H,6-8,21-22H2,1-5H3,(H,34,38)/t23-,30+/m0/s1. The summed E-state index contributed by atoms with van der Waals surface area (Å²) in [6.45, 7) is 7.56. The van der Waals surface area contributed by atoms with Crippen molar-refractivity contribution in [3.05, 3.63) is 82.8 Å². The zero-order valence-electron chi connectivity index (χ0n) is 25.2. The highest BCUT2D eigenvalue weighted by molar-refractivity contribution is 9.10. The summed E-state index contributed by atoms with van der Waals surface area (Å²) in [5, 5.41) is 2.98. The molecule has 0 radical (unpaired) electrons. The number of anilines is 1. The van der Waals surface area contributed by atoms with Gasteiger partial charge in [-0.2, -0.15) is 0 Å². The Kier molecular flexibility index (Phi) is 12.4. The fourth-order valence-corrected chi connectivity index (χ4v) is 6.14. The van der Waals surface area contributed by atoms with Crippen LogP contribution in [0.25, 0.3) is 0 Å². The van der Waals surface area contributed by atoms with E-state index < -0.39 is 28.5 Å². The van der Waals surface area contributed by atoms with Crippen molar-refractivity contribution in [2.24, 2.45) is 0 Å². The predicted molar refractivity (Wildman–Crippen MR) is 172 cm³/mol. The summed E-state index contributed by atoms with van der Waals surface area (Å²) in [6.07, 6.45) is 1.06. The van der Waals surface area contributed by atoms with Crippen LogP contribution >= 0.6 is 15.9 Å². The average Bonchev–Trinajstić information content (AvgIpc) is 3.00. The summed E-state index contributed by atoms with van der Waals surface area (Å²) >= 11 is 3.35. The lowest BCUT2D eigenvalue weighted by Gasteiger charge is -2.33. The summed E-state index contributed by atoms with van der Waals surface area (Å²) in [5.74, 6) is 0.363. The highest BCUT2D eigenvalue weighted by Crippen LogP contribution is 2.28. The van der Waals surface area contributed by atoms with Gasteiger partial charge in [-0.25, -0.2) is 8.42 Å². The molecule has 2 atom stereocenters. The van der Waals surface area contributed by atoms with Crippen molar-refractivity contribution < 1.29 is 27.5 Å². The van der Waals surface area contributed by atoms with E-state index in [4.69, 9.17) is 9.47 Å². The van der Waals surface area contributed by atoms with Crippen molar-refractivity contribution in [3.8, 4) is 11.5 Å². The Morgan fingerprint density at radius 1 is 0.930 bits per heavy atom. The lowest BCUT2D eigenvalue weighted by molar-refractivity contribution is -0.140. The third-order valence-corrected chi connectivity index (χ3v) is 9.31. The van der Waals surface area contributed by atoms with E-state index in [1.165, 1.54) is 17.0 Å². The van der Waals surface area contributed by atoms with Gasteiger partial charge >= 0.3 is 0 Å². The van der Waals surface area contributed by atoms with Crippen LogP contribution in [0.4, 0.5) is 5.69 Å². The molecule has 3 aromatic rings. The molecule has 3 aromatic carbocycles. The molecule has 9 nitrogen and oxygen atoms in total. The SMILES string of the molecule is CCOc1ccc(N(CC(=O)N(Cc2cccc(OC)c2)[C@H](CC)C(=O)N[C@@H](C)CC)S(=O)(=O)c2ccc(Br)cc2)cc1. The average molecular weight is 675 g/mol. The lowest BCUT2D eigenvalue weighted by Crippen LogP contribution is -2.53. The molecule has 0 bridgehead atoms. The molecule has 11 heteroatoms. The second-order valence-corrected chi connectivity index (χ2v) is 12.8. The van der Waals surface area contributed by atoms with Gasteiger partial charge in [0, 0.05) is 17.1 Å². The van der Waals surface area contributed by atoms with Gasteiger partial charge in [0.2, 0.25) is 11.8 Å². The molecule has 0 aliphatic heterocycles. The molecule has 0 heterocycles. The zero-order chi connectivity index (χ0) is 31.6. The molecule has 0 fully saturated rings. The molecule has 0 aromatic heterocycles. The second-order valence-electron chi connectivity index (χ2n) is 10.0. The van der Waals surface area contributed by atoms with Gasteiger partial charge in [0.1, 0.15) is 24.1 Å². The quantitative estimate of drug-likeness (QED) is 0.220. The summed E-state index contributed by atoms with van der Waals surface area (Å²) < 4.78 is 40.8. The largest absolute Gasteiger partial charge is 0.497 e. The first kappa shape index (κ1) is 33.9. The smallest absolute Gasteiger partial charge is 0.264 e. The van der Waals surface area contributed by atoms with Gasteiger partial charge in [-0.1, -0.05) is 41.9 Å². The number of sulfonamides is 1. The summed E-state index contributed by atoms with van der Waals surface area (Å²) in [6, 6.07) is 19.1. The molecule has 0 aliphatic rings. The monoisotopic (exact) mass is 673 g/mol. The van der Waals surface area contributed by atoms with Gasteiger partial charge in [0.15, 0.2) is 0 Å². The number of benzene rings is 3. The molecular formula is C32H40BrN3O6S. The highest BCUT2D eigenvalue weighted by Gasteiger charge is 2.34. The zero-order valence-corrected chi connectivity index (χ0v) is 27.7. The Morgan fingerprint density at radius 2 is 1.60 bits per heavy atom. The van der Waals surface area contributed by atoms with E-state index >= 15 is 0 Å². The van der Waals surface area contributed by atoms with Crippen molar-refractivity contribution >= 4 is 43.5 Å². The molecule has 1 N–H and O–H groups in total. The van der Waals surface area contributed by atoms with Crippen LogP contribution in [0, 0.1) is 0 Å². The fourth-order valence-electron chi connectivity index (χ4n) is 4.47. The first-order chi connectivity index (χ1) is 20.5. The minimum absolute atomic E-state index is 0.0262.